The number of carbonyl (C=O) groups is 1. The average molecular weight is 452 g/mol. The van der Waals surface area contributed by atoms with Crippen molar-refractivity contribution in [3.63, 3.8) is 0 Å². The summed E-state index contributed by atoms with van der Waals surface area (Å²) in [5.41, 5.74) is -0.00460. The zero-order valence-electron chi connectivity index (χ0n) is 18.7. The summed E-state index contributed by atoms with van der Waals surface area (Å²) in [6.45, 7) is 8.92. The van der Waals surface area contributed by atoms with Crippen LogP contribution in [0.25, 0.3) is 0 Å². The fourth-order valence-corrected chi connectivity index (χ4v) is 3.42. The summed E-state index contributed by atoms with van der Waals surface area (Å²) in [5, 5.41) is 53.3. The van der Waals surface area contributed by atoms with E-state index in [9.17, 15) is 30.3 Å². The molecule has 0 spiro atoms. The number of carbonyl (C=O) groups excluding carboxylic acids is 1. The fourth-order valence-electron chi connectivity index (χ4n) is 3.42. The second-order valence-electron chi connectivity index (χ2n) is 9.45. The Morgan fingerprint density at radius 3 is 2.13 bits per heavy atom. The van der Waals surface area contributed by atoms with Gasteiger partial charge in [0.05, 0.1) is 19.3 Å². The maximum absolute atomic E-state index is 11.6. The zero-order chi connectivity index (χ0) is 23.5. The standard InChI is InChI=1S/C20H37NO10/c1-9-13(23)16(26)17(27)19(30-9)29-8-11-14(24)15(25)12(21-10(2)22)18(31-11)28-7-6-20(3,4)5/h9,11-19,23-27H,6-8H2,1-5H3,(H,21,22)/t9-,11+,12+,13+,14+,15+,16+,17-,18+,19+/m0/s1. The number of amides is 1. The molecule has 1 amide bonds. The minimum atomic E-state index is -1.51. The molecule has 6 N–H and O–H groups in total. The number of ether oxygens (including phenoxy) is 4. The second kappa shape index (κ2) is 10.8. The van der Waals surface area contributed by atoms with Gasteiger partial charge < -0.3 is 49.8 Å². The van der Waals surface area contributed by atoms with Crippen LogP contribution in [0, 0.1) is 5.41 Å². The summed E-state index contributed by atoms with van der Waals surface area (Å²) in [6, 6.07) is -0.989. The molecule has 10 atom stereocenters. The Morgan fingerprint density at radius 1 is 0.903 bits per heavy atom. The molecule has 2 aliphatic heterocycles. The molecule has 0 radical (unpaired) electrons. The van der Waals surface area contributed by atoms with Crippen molar-refractivity contribution in [1.29, 1.82) is 0 Å². The Morgan fingerprint density at radius 2 is 1.55 bits per heavy atom. The highest BCUT2D eigenvalue weighted by Crippen LogP contribution is 2.27. The highest BCUT2D eigenvalue weighted by molar-refractivity contribution is 5.73. The van der Waals surface area contributed by atoms with Crippen LogP contribution in [0.3, 0.4) is 0 Å². The third-order valence-corrected chi connectivity index (χ3v) is 5.44. The van der Waals surface area contributed by atoms with Crippen molar-refractivity contribution in [3.8, 4) is 0 Å². The number of nitrogens with one attached hydrogen (secondary N) is 1. The molecule has 11 nitrogen and oxygen atoms in total. The van der Waals surface area contributed by atoms with E-state index >= 15 is 0 Å². The van der Waals surface area contributed by atoms with Gasteiger partial charge in [-0.2, -0.15) is 0 Å². The predicted molar refractivity (Wildman–Crippen MR) is 107 cm³/mol. The van der Waals surface area contributed by atoms with Crippen molar-refractivity contribution in [2.24, 2.45) is 5.41 Å². The Labute approximate surface area is 182 Å². The lowest BCUT2D eigenvalue weighted by Gasteiger charge is -2.44. The minimum Gasteiger partial charge on any atom is -0.388 e. The van der Waals surface area contributed by atoms with Crippen molar-refractivity contribution in [2.75, 3.05) is 13.2 Å². The maximum Gasteiger partial charge on any atom is 0.217 e. The molecule has 31 heavy (non-hydrogen) atoms. The number of aliphatic hydroxyl groups excluding tert-OH is 5. The maximum atomic E-state index is 11.6. The molecule has 0 aromatic heterocycles. The van der Waals surface area contributed by atoms with Crippen molar-refractivity contribution in [2.45, 2.75) is 102 Å². The molecular formula is C20H37NO10. The van der Waals surface area contributed by atoms with E-state index in [1.54, 1.807) is 0 Å². The number of rotatable bonds is 7. The smallest absolute Gasteiger partial charge is 0.217 e. The van der Waals surface area contributed by atoms with E-state index in [0.717, 1.165) is 0 Å². The monoisotopic (exact) mass is 451 g/mol. The minimum absolute atomic E-state index is 0.00460. The summed E-state index contributed by atoms with van der Waals surface area (Å²) in [4.78, 5) is 11.6. The van der Waals surface area contributed by atoms with Crippen LogP contribution in [0.4, 0.5) is 0 Å². The van der Waals surface area contributed by atoms with Gasteiger partial charge in [0.2, 0.25) is 5.91 Å². The second-order valence-corrected chi connectivity index (χ2v) is 9.45. The summed E-state index contributed by atoms with van der Waals surface area (Å²) in [6.07, 6.45) is -10.5. The summed E-state index contributed by atoms with van der Waals surface area (Å²) < 4.78 is 22.4. The first-order valence-corrected chi connectivity index (χ1v) is 10.5. The average Bonchev–Trinajstić information content (AvgIpc) is 2.66. The predicted octanol–water partition coefficient (Wildman–Crippen LogP) is -1.77. The van der Waals surface area contributed by atoms with Crippen molar-refractivity contribution in [3.05, 3.63) is 0 Å². The first kappa shape index (κ1) is 26.4. The molecule has 182 valence electrons. The van der Waals surface area contributed by atoms with Gasteiger partial charge in [0, 0.05) is 6.92 Å². The quantitative estimate of drug-likeness (QED) is 0.261. The Bertz CT molecular complexity index is 585. The molecule has 0 bridgehead atoms. The normalized spacial score (nSPS) is 41.7. The number of hydrogen-bond acceptors (Lipinski definition) is 10. The third kappa shape index (κ3) is 7.04. The molecule has 2 heterocycles. The van der Waals surface area contributed by atoms with Crippen LogP contribution in [0.5, 0.6) is 0 Å². The van der Waals surface area contributed by atoms with Crippen LogP contribution in [-0.4, -0.2) is 106 Å². The van der Waals surface area contributed by atoms with Crippen LogP contribution in [0.2, 0.25) is 0 Å². The van der Waals surface area contributed by atoms with Gasteiger partial charge in [-0.05, 0) is 18.8 Å². The summed E-state index contributed by atoms with van der Waals surface area (Å²) in [7, 11) is 0. The molecule has 2 rings (SSSR count). The lowest BCUT2D eigenvalue weighted by Crippen LogP contribution is -2.65. The summed E-state index contributed by atoms with van der Waals surface area (Å²) >= 11 is 0. The molecule has 2 aliphatic rings. The first-order chi connectivity index (χ1) is 14.3. The van der Waals surface area contributed by atoms with Crippen LogP contribution < -0.4 is 5.32 Å². The Hall–Kier alpha value is -0.890. The zero-order valence-corrected chi connectivity index (χ0v) is 18.7. The lowest BCUT2D eigenvalue weighted by molar-refractivity contribution is -0.316. The van der Waals surface area contributed by atoms with Gasteiger partial charge in [-0.15, -0.1) is 0 Å². The van der Waals surface area contributed by atoms with E-state index in [-0.39, 0.29) is 12.0 Å². The number of hydrogen-bond donors (Lipinski definition) is 6. The van der Waals surface area contributed by atoms with Gasteiger partial charge in [0.15, 0.2) is 12.6 Å². The molecule has 11 heteroatoms. The van der Waals surface area contributed by atoms with Crippen molar-refractivity contribution in [1.82, 2.24) is 5.32 Å². The van der Waals surface area contributed by atoms with E-state index < -0.39 is 67.3 Å². The molecule has 0 unspecified atom stereocenters. The molecule has 0 aromatic rings. The fraction of sp³-hybridized carbons (Fsp3) is 0.950. The summed E-state index contributed by atoms with van der Waals surface area (Å²) in [5.74, 6) is -0.417. The van der Waals surface area contributed by atoms with Gasteiger partial charge in [0.1, 0.15) is 42.7 Å². The molecule has 0 aromatic carbocycles. The highest BCUT2D eigenvalue weighted by atomic mass is 16.7. The van der Waals surface area contributed by atoms with Gasteiger partial charge in [0.25, 0.3) is 0 Å². The van der Waals surface area contributed by atoms with E-state index in [4.69, 9.17) is 18.9 Å². The highest BCUT2D eigenvalue weighted by Gasteiger charge is 2.47. The van der Waals surface area contributed by atoms with Crippen molar-refractivity contribution < 1.29 is 49.3 Å². The van der Waals surface area contributed by atoms with E-state index in [2.05, 4.69) is 5.32 Å². The molecule has 0 saturated carbocycles. The van der Waals surface area contributed by atoms with Crippen LogP contribution in [0.1, 0.15) is 41.0 Å². The van der Waals surface area contributed by atoms with E-state index in [0.29, 0.717) is 13.0 Å². The molecular weight excluding hydrogens is 414 g/mol. The van der Waals surface area contributed by atoms with Crippen LogP contribution in [-0.2, 0) is 23.7 Å². The van der Waals surface area contributed by atoms with Crippen molar-refractivity contribution >= 4 is 5.91 Å². The van der Waals surface area contributed by atoms with Crippen LogP contribution >= 0.6 is 0 Å². The molecule has 2 saturated heterocycles. The van der Waals surface area contributed by atoms with Gasteiger partial charge in [-0.25, -0.2) is 0 Å². The van der Waals surface area contributed by atoms with Gasteiger partial charge in [-0.1, -0.05) is 20.8 Å². The topological polar surface area (TPSA) is 167 Å². The molecule has 0 aliphatic carbocycles. The van der Waals surface area contributed by atoms with Gasteiger partial charge in [-0.3, -0.25) is 4.79 Å². The third-order valence-electron chi connectivity index (χ3n) is 5.44. The molecule has 2 fully saturated rings. The Balaban J connectivity index is 2.03. The number of aliphatic hydroxyl groups is 5. The lowest BCUT2D eigenvalue weighted by atomic mass is 9.93. The largest absolute Gasteiger partial charge is 0.388 e. The van der Waals surface area contributed by atoms with E-state index in [1.165, 1.54) is 13.8 Å². The van der Waals surface area contributed by atoms with E-state index in [1.807, 2.05) is 20.8 Å². The SMILES string of the molecule is CC(=O)N[C@H]1[C@H](OCCC(C)(C)C)O[C@H](CO[C@@H]2O[C@@H](C)[C@@H](O)[C@@H](O)[C@@H]2O)[C@@H](O)[C@@H]1O. The van der Waals surface area contributed by atoms with Gasteiger partial charge >= 0.3 is 0 Å². The van der Waals surface area contributed by atoms with Crippen LogP contribution in [0.15, 0.2) is 0 Å². The first-order valence-electron chi connectivity index (χ1n) is 10.5. The Kier molecular flexibility index (Phi) is 9.20.